The number of hydrogen-bond acceptors (Lipinski definition) is 3. The molecule has 2 unspecified atom stereocenters. The van der Waals surface area contributed by atoms with Crippen LogP contribution < -0.4 is 5.32 Å². The van der Waals surface area contributed by atoms with Crippen LogP contribution in [0.25, 0.3) is 0 Å². The van der Waals surface area contributed by atoms with Gasteiger partial charge in [-0.3, -0.25) is 4.68 Å². The summed E-state index contributed by atoms with van der Waals surface area (Å²) in [7, 11) is 2.01. The van der Waals surface area contributed by atoms with Crippen LogP contribution in [0.4, 0.5) is 0 Å². The molecule has 1 fully saturated rings. The molecule has 114 valence electrons. The van der Waals surface area contributed by atoms with Gasteiger partial charge in [0.25, 0.3) is 0 Å². The SMILES string of the molecule is Cc1c(C(C)NC2CCCN(C(C)C)CC2)cnn1C. The highest BCUT2D eigenvalue weighted by molar-refractivity contribution is 5.19. The molecule has 0 aromatic carbocycles. The highest BCUT2D eigenvalue weighted by Crippen LogP contribution is 2.20. The van der Waals surface area contributed by atoms with Crippen molar-refractivity contribution in [1.82, 2.24) is 20.0 Å². The highest BCUT2D eigenvalue weighted by atomic mass is 15.3. The van der Waals surface area contributed by atoms with Crippen molar-refractivity contribution in [3.63, 3.8) is 0 Å². The van der Waals surface area contributed by atoms with Crippen molar-refractivity contribution in [1.29, 1.82) is 0 Å². The normalized spacial score (nSPS) is 23.0. The summed E-state index contributed by atoms with van der Waals surface area (Å²) in [5.74, 6) is 0. The quantitative estimate of drug-likeness (QED) is 0.919. The lowest BCUT2D eigenvalue weighted by atomic mass is 10.0. The second-order valence-corrected chi connectivity index (χ2v) is 6.45. The van der Waals surface area contributed by atoms with Crippen molar-refractivity contribution in [3.8, 4) is 0 Å². The van der Waals surface area contributed by atoms with Crippen LogP contribution in [0, 0.1) is 6.92 Å². The van der Waals surface area contributed by atoms with Gasteiger partial charge < -0.3 is 10.2 Å². The second-order valence-electron chi connectivity index (χ2n) is 6.45. The number of nitrogens with zero attached hydrogens (tertiary/aromatic N) is 3. The predicted octanol–water partition coefficient (Wildman–Crippen LogP) is 2.64. The Bertz CT molecular complexity index is 424. The van der Waals surface area contributed by atoms with Gasteiger partial charge in [0, 0.05) is 36.4 Å². The fourth-order valence-corrected chi connectivity index (χ4v) is 3.19. The first kappa shape index (κ1) is 15.5. The molecule has 1 aromatic heterocycles. The van der Waals surface area contributed by atoms with Crippen LogP contribution in [-0.2, 0) is 7.05 Å². The van der Waals surface area contributed by atoms with Crippen LogP contribution in [0.1, 0.15) is 57.3 Å². The minimum Gasteiger partial charge on any atom is -0.307 e. The first-order chi connectivity index (χ1) is 9.49. The van der Waals surface area contributed by atoms with Gasteiger partial charge in [-0.1, -0.05) is 0 Å². The van der Waals surface area contributed by atoms with Gasteiger partial charge in [-0.25, -0.2) is 0 Å². The van der Waals surface area contributed by atoms with Crippen LogP contribution in [-0.4, -0.2) is 39.9 Å². The summed E-state index contributed by atoms with van der Waals surface area (Å²) in [6, 6.07) is 1.69. The molecule has 20 heavy (non-hydrogen) atoms. The summed E-state index contributed by atoms with van der Waals surface area (Å²) in [6.45, 7) is 11.5. The second kappa shape index (κ2) is 6.72. The van der Waals surface area contributed by atoms with E-state index >= 15 is 0 Å². The number of aromatic nitrogens is 2. The Hall–Kier alpha value is -0.870. The average molecular weight is 278 g/mol. The van der Waals surface area contributed by atoms with Crippen molar-refractivity contribution in [2.24, 2.45) is 7.05 Å². The summed E-state index contributed by atoms with van der Waals surface area (Å²) >= 11 is 0. The molecule has 1 aromatic rings. The van der Waals surface area contributed by atoms with E-state index in [0.29, 0.717) is 18.1 Å². The van der Waals surface area contributed by atoms with Crippen LogP contribution in [0.15, 0.2) is 6.20 Å². The lowest BCUT2D eigenvalue weighted by Gasteiger charge is -2.25. The minimum atomic E-state index is 0.388. The van der Waals surface area contributed by atoms with Gasteiger partial charge in [-0.05, 0) is 60.0 Å². The zero-order valence-electron chi connectivity index (χ0n) is 13.7. The standard InChI is InChI=1S/C16H30N4/c1-12(2)20-9-6-7-15(8-10-20)18-13(3)16-11-17-19(5)14(16)4/h11-13,15,18H,6-10H2,1-5H3. The first-order valence-corrected chi connectivity index (χ1v) is 7.97. The predicted molar refractivity (Wildman–Crippen MR) is 83.8 cm³/mol. The van der Waals surface area contributed by atoms with Crippen molar-refractivity contribution in [2.75, 3.05) is 13.1 Å². The fraction of sp³-hybridized carbons (Fsp3) is 0.812. The van der Waals surface area contributed by atoms with Gasteiger partial charge >= 0.3 is 0 Å². The van der Waals surface area contributed by atoms with Crippen molar-refractivity contribution < 1.29 is 0 Å². The summed E-state index contributed by atoms with van der Waals surface area (Å²) < 4.78 is 1.96. The van der Waals surface area contributed by atoms with Crippen LogP contribution >= 0.6 is 0 Å². The monoisotopic (exact) mass is 278 g/mol. The number of rotatable bonds is 4. The summed E-state index contributed by atoms with van der Waals surface area (Å²) in [5, 5.41) is 8.16. The smallest absolute Gasteiger partial charge is 0.0540 e. The molecule has 1 aliphatic rings. The van der Waals surface area contributed by atoms with Crippen LogP contribution in [0.2, 0.25) is 0 Å². The van der Waals surface area contributed by atoms with E-state index in [4.69, 9.17) is 0 Å². The van der Waals surface area contributed by atoms with Crippen LogP contribution in [0.3, 0.4) is 0 Å². The van der Waals surface area contributed by atoms with Gasteiger partial charge in [-0.2, -0.15) is 5.10 Å². The van der Waals surface area contributed by atoms with Gasteiger partial charge in [0.1, 0.15) is 0 Å². The summed E-state index contributed by atoms with van der Waals surface area (Å²) in [4.78, 5) is 2.60. The molecule has 1 saturated heterocycles. The molecular formula is C16H30N4. The summed E-state index contributed by atoms with van der Waals surface area (Å²) in [5.41, 5.74) is 2.60. The molecular weight excluding hydrogens is 248 g/mol. The van der Waals surface area contributed by atoms with E-state index in [1.807, 2.05) is 17.9 Å². The molecule has 0 saturated carbocycles. The van der Waals surface area contributed by atoms with Gasteiger partial charge in [-0.15, -0.1) is 0 Å². The number of nitrogens with one attached hydrogen (secondary N) is 1. The van der Waals surface area contributed by atoms with Crippen molar-refractivity contribution >= 4 is 0 Å². The molecule has 1 N–H and O–H groups in total. The molecule has 1 aliphatic heterocycles. The Morgan fingerprint density at radius 3 is 2.60 bits per heavy atom. The topological polar surface area (TPSA) is 33.1 Å². The first-order valence-electron chi connectivity index (χ1n) is 7.97. The van der Waals surface area contributed by atoms with Gasteiger partial charge in [0.05, 0.1) is 6.20 Å². The highest BCUT2D eigenvalue weighted by Gasteiger charge is 2.21. The maximum Gasteiger partial charge on any atom is 0.0540 e. The molecule has 4 nitrogen and oxygen atoms in total. The van der Waals surface area contributed by atoms with Gasteiger partial charge in [0.2, 0.25) is 0 Å². The molecule has 2 rings (SSSR count). The maximum absolute atomic E-state index is 4.35. The minimum absolute atomic E-state index is 0.388. The third-order valence-corrected chi connectivity index (χ3v) is 4.72. The van der Waals surface area contributed by atoms with Crippen molar-refractivity contribution in [3.05, 3.63) is 17.5 Å². The molecule has 0 amide bonds. The molecule has 0 bridgehead atoms. The number of hydrogen-bond donors (Lipinski definition) is 1. The third kappa shape index (κ3) is 3.61. The Labute approximate surface area is 123 Å². The molecule has 0 spiro atoms. The fourth-order valence-electron chi connectivity index (χ4n) is 3.19. The molecule has 2 atom stereocenters. The number of likely N-dealkylation sites (tertiary alicyclic amines) is 1. The van der Waals surface area contributed by atoms with E-state index in [0.717, 1.165) is 0 Å². The molecule has 0 radical (unpaired) electrons. The van der Waals surface area contributed by atoms with Crippen molar-refractivity contribution in [2.45, 2.75) is 65.1 Å². The zero-order valence-corrected chi connectivity index (χ0v) is 13.7. The van der Waals surface area contributed by atoms with Gasteiger partial charge in [0.15, 0.2) is 0 Å². The van der Waals surface area contributed by atoms with E-state index in [-0.39, 0.29) is 0 Å². The van der Waals surface area contributed by atoms with E-state index in [1.165, 1.54) is 43.6 Å². The van der Waals surface area contributed by atoms with E-state index in [2.05, 4.69) is 43.0 Å². The van der Waals surface area contributed by atoms with E-state index < -0.39 is 0 Å². The Kier molecular flexibility index (Phi) is 5.22. The summed E-state index contributed by atoms with van der Waals surface area (Å²) in [6.07, 6.45) is 5.84. The molecule has 0 aliphatic carbocycles. The Balaban J connectivity index is 1.91. The zero-order chi connectivity index (χ0) is 14.7. The maximum atomic E-state index is 4.35. The van der Waals surface area contributed by atoms with E-state index in [1.54, 1.807) is 0 Å². The lowest BCUT2D eigenvalue weighted by Crippen LogP contribution is -2.35. The van der Waals surface area contributed by atoms with E-state index in [9.17, 15) is 0 Å². The van der Waals surface area contributed by atoms with Crippen LogP contribution in [0.5, 0.6) is 0 Å². The average Bonchev–Trinajstić information content (AvgIpc) is 2.63. The lowest BCUT2D eigenvalue weighted by molar-refractivity contribution is 0.228. The Morgan fingerprint density at radius 2 is 2.00 bits per heavy atom. The largest absolute Gasteiger partial charge is 0.307 e. The Morgan fingerprint density at radius 1 is 1.25 bits per heavy atom. The molecule has 4 heteroatoms. The number of aryl methyl sites for hydroxylation is 1. The third-order valence-electron chi connectivity index (χ3n) is 4.72. The molecule has 2 heterocycles.